The Morgan fingerprint density at radius 2 is 1.93 bits per heavy atom. The monoisotopic (exact) mass is 384 g/mol. The molecule has 148 valence electrons. The lowest BCUT2D eigenvalue weighted by molar-refractivity contribution is -0.122. The Morgan fingerprint density at radius 1 is 1.21 bits per heavy atom. The quantitative estimate of drug-likeness (QED) is 0.863. The fourth-order valence-electron chi connectivity index (χ4n) is 3.29. The molecule has 2 amide bonds. The smallest absolute Gasteiger partial charge is 0.229 e. The van der Waals surface area contributed by atoms with E-state index in [1.807, 2.05) is 18.2 Å². The van der Waals surface area contributed by atoms with Crippen molar-refractivity contribution in [2.45, 2.75) is 32.6 Å². The van der Waals surface area contributed by atoms with Crippen LogP contribution in [0.3, 0.4) is 0 Å². The Balaban J connectivity index is 1.79. The molecule has 0 bridgehead atoms. The maximum absolute atomic E-state index is 14.0. The summed E-state index contributed by atoms with van der Waals surface area (Å²) in [6, 6.07) is 11.8. The van der Waals surface area contributed by atoms with Crippen molar-refractivity contribution in [1.82, 2.24) is 0 Å². The van der Waals surface area contributed by atoms with Crippen LogP contribution < -0.4 is 15.0 Å². The van der Waals surface area contributed by atoms with E-state index in [1.165, 1.54) is 11.0 Å². The minimum atomic E-state index is -0.560. The van der Waals surface area contributed by atoms with Gasteiger partial charge in [-0.2, -0.15) is 0 Å². The van der Waals surface area contributed by atoms with Crippen molar-refractivity contribution in [3.05, 3.63) is 53.8 Å². The number of carbonyl (C=O) groups is 2. The molecule has 1 N–H and O–H groups in total. The summed E-state index contributed by atoms with van der Waals surface area (Å²) in [5.41, 5.74) is 1.74. The second-order valence-corrected chi connectivity index (χ2v) is 8.01. The first-order valence-electron chi connectivity index (χ1n) is 9.25. The molecule has 28 heavy (non-hydrogen) atoms. The summed E-state index contributed by atoms with van der Waals surface area (Å²) >= 11 is 0. The van der Waals surface area contributed by atoms with Crippen molar-refractivity contribution >= 4 is 23.2 Å². The van der Waals surface area contributed by atoms with Gasteiger partial charge in [0.25, 0.3) is 0 Å². The van der Waals surface area contributed by atoms with Gasteiger partial charge in [0.05, 0.1) is 24.4 Å². The number of para-hydroxylation sites is 1. The average Bonchev–Trinajstić information content (AvgIpc) is 3.03. The van der Waals surface area contributed by atoms with Crippen LogP contribution in [0.5, 0.6) is 5.75 Å². The molecule has 3 rings (SSSR count). The molecule has 1 aliphatic heterocycles. The Labute approximate surface area is 164 Å². The van der Waals surface area contributed by atoms with Crippen LogP contribution >= 0.6 is 0 Å². The summed E-state index contributed by atoms with van der Waals surface area (Å²) in [5, 5.41) is 2.89. The third kappa shape index (κ3) is 4.01. The molecule has 0 aliphatic carbocycles. The number of methoxy groups -OCH3 is 1. The number of nitrogens with one attached hydrogen (secondary N) is 1. The summed E-state index contributed by atoms with van der Waals surface area (Å²) in [7, 11) is 1.54. The summed E-state index contributed by atoms with van der Waals surface area (Å²) in [6.45, 7) is 6.40. The predicted molar refractivity (Wildman–Crippen MR) is 107 cm³/mol. The topological polar surface area (TPSA) is 58.6 Å². The van der Waals surface area contributed by atoms with Crippen molar-refractivity contribution < 1.29 is 18.7 Å². The highest BCUT2D eigenvalue weighted by molar-refractivity contribution is 6.04. The van der Waals surface area contributed by atoms with E-state index in [0.717, 1.165) is 5.56 Å². The van der Waals surface area contributed by atoms with Crippen LogP contribution in [0.2, 0.25) is 0 Å². The molecule has 0 aromatic heterocycles. The molecule has 5 nitrogen and oxygen atoms in total. The first kappa shape index (κ1) is 19.9. The fraction of sp³-hybridized carbons (Fsp3) is 0.364. The third-order valence-corrected chi connectivity index (χ3v) is 4.96. The molecule has 0 spiro atoms. The predicted octanol–water partition coefficient (Wildman–Crippen LogP) is 4.12. The number of benzene rings is 2. The van der Waals surface area contributed by atoms with E-state index in [-0.39, 0.29) is 35.9 Å². The first-order chi connectivity index (χ1) is 13.2. The Kier molecular flexibility index (Phi) is 5.40. The largest absolute Gasteiger partial charge is 0.495 e. The van der Waals surface area contributed by atoms with E-state index in [1.54, 1.807) is 25.3 Å². The zero-order chi connectivity index (χ0) is 20.5. The second-order valence-electron chi connectivity index (χ2n) is 8.01. The minimum Gasteiger partial charge on any atom is -0.495 e. The zero-order valence-electron chi connectivity index (χ0n) is 16.6. The molecular weight excluding hydrogens is 359 g/mol. The molecule has 0 radical (unpaired) electrons. The summed E-state index contributed by atoms with van der Waals surface area (Å²) in [5.74, 6) is -1.03. The van der Waals surface area contributed by atoms with Gasteiger partial charge in [-0.3, -0.25) is 9.59 Å². The Morgan fingerprint density at radius 3 is 2.57 bits per heavy atom. The molecule has 1 unspecified atom stereocenters. The van der Waals surface area contributed by atoms with Gasteiger partial charge in [-0.05, 0) is 35.2 Å². The fourth-order valence-corrected chi connectivity index (χ4v) is 3.29. The van der Waals surface area contributed by atoms with Gasteiger partial charge >= 0.3 is 0 Å². The van der Waals surface area contributed by atoms with Gasteiger partial charge in [-0.1, -0.05) is 39.0 Å². The van der Waals surface area contributed by atoms with Crippen molar-refractivity contribution in [3.63, 3.8) is 0 Å². The number of carbonyl (C=O) groups excluding carboxylic acids is 2. The van der Waals surface area contributed by atoms with E-state index in [4.69, 9.17) is 4.74 Å². The molecule has 2 aromatic rings. The normalized spacial score (nSPS) is 17.0. The number of hydrogen-bond donors (Lipinski definition) is 1. The molecule has 2 aromatic carbocycles. The average molecular weight is 384 g/mol. The number of nitrogens with zero attached hydrogens (tertiary/aromatic N) is 1. The van der Waals surface area contributed by atoms with Gasteiger partial charge in [0.15, 0.2) is 0 Å². The zero-order valence-corrected chi connectivity index (χ0v) is 16.6. The highest BCUT2D eigenvalue weighted by Gasteiger charge is 2.36. The van der Waals surface area contributed by atoms with Crippen molar-refractivity contribution in [3.8, 4) is 5.75 Å². The van der Waals surface area contributed by atoms with Crippen LogP contribution in [0.1, 0.15) is 32.8 Å². The lowest BCUT2D eigenvalue weighted by atomic mass is 9.86. The van der Waals surface area contributed by atoms with Crippen LogP contribution in [0.25, 0.3) is 0 Å². The molecule has 1 saturated heterocycles. The maximum Gasteiger partial charge on any atom is 0.229 e. The summed E-state index contributed by atoms with van der Waals surface area (Å²) in [4.78, 5) is 26.5. The Hall–Kier alpha value is -2.89. The van der Waals surface area contributed by atoms with Gasteiger partial charge in [0.2, 0.25) is 11.8 Å². The van der Waals surface area contributed by atoms with Crippen molar-refractivity contribution in [2.24, 2.45) is 5.92 Å². The van der Waals surface area contributed by atoms with Crippen LogP contribution in [0.15, 0.2) is 42.5 Å². The standard InChI is InChI=1S/C22H25FN2O3/c1-22(2,3)15-9-10-19(28-4)17(12-15)24-21(27)14-11-20(26)25(13-14)18-8-6-5-7-16(18)23/h5-10,12,14H,11,13H2,1-4H3,(H,24,27). The van der Waals surface area contributed by atoms with Crippen molar-refractivity contribution in [1.29, 1.82) is 0 Å². The Bertz CT molecular complexity index is 905. The van der Waals surface area contributed by atoms with Gasteiger partial charge < -0.3 is 15.0 Å². The van der Waals surface area contributed by atoms with Crippen LogP contribution in [-0.4, -0.2) is 25.5 Å². The second kappa shape index (κ2) is 7.62. The van der Waals surface area contributed by atoms with Crippen molar-refractivity contribution in [2.75, 3.05) is 23.9 Å². The molecule has 0 saturated carbocycles. The third-order valence-electron chi connectivity index (χ3n) is 4.96. The highest BCUT2D eigenvalue weighted by Crippen LogP contribution is 2.33. The van der Waals surface area contributed by atoms with Gasteiger partial charge in [0, 0.05) is 13.0 Å². The van der Waals surface area contributed by atoms with E-state index in [0.29, 0.717) is 11.4 Å². The summed E-state index contributed by atoms with van der Waals surface area (Å²) < 4.78 is 19.4. The molecule has 1 fully saturated rings. The number of ether oxygens (including phenoxy) is 1. The lowest BCUT2D eigenvalue weighted by Gasteiger charge is -2.22. The molecule has 1 aliphatic rings. The van der Waals surface area contributed by atoms with E-state index in [9.17, 15) is 14.0 Å². The van der Waals surface area contributed by atoms with Crippen LogP contribution in [0, 0.1) is 11.7 Å². The van der Waals surface area contributed by atoms with Crippen LogP contribution in [-0.2, 0) is 15.0 Å². The molecule has 1 heterocycles. The summed E-state index contributed by atoms with van der Waals surface area (Å²) in [6.07, 6.45) is 0.0431. The van der Waals surface area contributed by atoms with E-state index >= 15 is 0 Å². The number of halogens is 1. The van der Waals surface area contributed by atoms with Gasteiger partial charge in [-0.15, -0.1) is 0 Å². The number of rotatable bonds is 4. The number of amides is 2. The first-order valence-corrected chi connectivity index (χ1v) is 9.25. The molecular formula is C22H25FN2O3. The molecule has 1 atom stereocenters. The van der Waals surface area contributed by atoms with E-state index < -0.39 is 11.7 Å². The van der Waals surface area contributed by atoms with Gasteiger partial charge in [0.1, 0.15) is 11.6 Å². The van der Waals surface area contributed by atoms with E-state index in [2.05, 4.69) is 26.1 Å². The number of hydrogen-bond acceptors (Lipinski definition) is 3. The van der Waals surface area contributed by atoms with Crippen LogP contribution in [0.4, 0.5) is 15.8 Å². The SMILES string of the molecule is COc1ccc(C(C)(C)C)cc1NC(=O)C1CC(=O)N(c2ccccc2F)C1. The lowest BCUT2D eigenvalue weighted by Crippen LogP contribution is -2.28. The highest BCUT2D eigenvalue weighted by atomic mass is 19.1. The van der Waals surface area contributed by atoms with Gasteiger partial charge in [-0.25, -0.2) is 4.39 Å². The molecule has 6 heteroatoms. The minimum absolute atomic E-state index is 0.0431. The maximum atomic E-state index is 14.0. The number of anilines is 2.